The van der Waals surface area contributed by atoms with Crippen LogP contribution in [0.15, 0.2) is 72.8 Å². The van der Waals surface area contributed by atoms with E-state index < -0.39 is 29.6 Å². The lowest BCUT2D eigenvalue weighted by Crippen LogP contribution is -2.46. The number of halogens is 2. The van der Waals surface area contributed by atoms with E-state index in [1.807, 2.05) is 12.1 Å². The first-order chi connectivity index (χ1) is 16.4. The van der Waals surface area contributed by atoms with Crippen molar-refractivity contribution in [3.8, 4) is 6.07 Å². The maximum Gasteiger partial charge on any atom is 0.257 e. The summed E-state index contributed by atoms with van der Waals surface area (Å²) in [5.74, 6) is -1.94. The first-order valence-electron chi connectivity index (χ1n) is 10.6. The van der Waals surface area contributed by atoms with Crippen LogP contribution in [0.3, 0.4) is 0 Å². The summed E-state index contributed by atoms with van der Waals surface area (Å²) in [5, 5.41) is 9.54. The van der Waals surface area contributed by atoms with Gasteiger partial charge in [0, 0.05) is 17.1 Å². The van der Waals surface area contributed by atoms with Crippen LogP contribution in [-0.2, 0) is 16.0 Å². The number of amides is 3. The molecule has 0 bridgehead atoms. The van der Waals surface area contributed by atoms with E-state index >= 15 is 0 Å². The summed E-state index contributed by atoms with van der Waals surface area (Å²) in [4.78, 5) is 41.9. The molecule has 3 aromatic carbocycles. The van der Waals surface area contributed by atoms with Crippen LogP contribution in [0.1, 0.15) is 27.9 Å². The van der Waals surface area contributed by atoms with Gasteiger partial charge in [0.2, 0.25) is 5.91 Å². The highest BCUT2D eigenvalue weighted by Gasteiger charge is 2.44. The van der Waals surface area contributed by atoms with E-state index in [2.05, 4.69) is 0 Å². The fraction of sp³-hybridized carbons (Fsp3) is 0.154. The standard InChI is InChI=1S/C26H19ClFN3O3/c27-20-3-1-2-17(14-20)12-13-30(25(33)19-6-8-21(28)9-7-19)23-15-24(32)31(26(23)34)22-10-4-18(16-29)5-11-22/h1-11,14,23H,12-13,15H2. The predicted molar refractivity (Wildman–Crippen MR) is 125 cm³/mol. The molecule has 1 saturated heterocycles. The molecule has 0 aromatic heterocycles. The summed E-state index contributed by atoms with van der Waals surface area (Å²) in [6, 6.07) is 19.3. The number of benzene rings is 3. The lowest BCUT2D eigenvalue weighted by atomic mass is 10.1. The van der Waals surface area contributed by atoms with Crippen molar-refractivity contribution in [1.29, 1.82) is 5.26 Å². The monoisotopic (exact) mass is 475 g/mol. The van der Waals surface area contributed by atoms with Crippen molar-refractivity contribution in [2.75, 3.05) is 11.4 Å². The maximum absolute atomic E-state index is 13.4. The van der Waals surface area contributed by atoms with E-state index in [0.717, 1.165) is 10.5 Å². The molecule has 170 valence electrons. The fourth-order valence-electron chi connectivity index (χ4n) is 3.91. The molecule has 0 saturated carbocycles. The van der Waals surface area contributed by atoms with E-state index in [1.165, 1.54) is 53.4 Å². The molecule has 0 N–H and O–H groups in total. The number of carbonyl (C=O) groups excluding carboxylic acids is 3. The van der Waals surface area contributed by atoms with Crippen LogP contribution in [0.5, 0.6) is 0 Å². The van der Waals surface area contributed by atoms with Gasteiger partial charge in [0.15, 0.2) is 0 Å². The molecule has 0 radical (unpaired) electrons. The summed E-state index contributed by atoms with van der Waals surface area (Å²) in [7, 11) is 0. The van der Waals surface area contributed by atoms with E-state index in [4.69, 9.17) is 16.9 Å². The van der Waals surface area contributed by atoms with E-state index in [0.29, 0.717) is 22.7 Å². The zero-order valence-corrected chi connectivity index (χ0v) is 18.7. The largest absolute Gasteiger partial charge is 0.326 e. The minimum atomic E-state index is -1.01. The van der Waals surface area contributed by atoms with Crippen LogP contribution in [-0.4, -0.2) is 35.2 Å². The van der Waals surface area contributed by atoms with Crippen molar-refractivity contribution in [3.05, 3.63) is 100 Å². The third-order valence-corrected chi connectivity index (χ3v) is 5.87. The second-order valence-corrected chi connectivity index (χ2v) is 8.27. The first-order valence-corrected chi connectivity index (χ1v) is 10.9. The SMILES string of the molecule is N#Cc1ccc(N2C(=O)CC(N(CCc3cccc(Cl)c3)C(=O)c3ccc(F)cc3)C2=O)cc1. The molecule has 0 aliphatic carbocycles. The van der Waals surface area contributed by atoms with Gasteiger partial charge in [-0.15, -0.1) is 0 Å². The molecular formula is C26H19ClFN3O3. The number of rotatable bonds is 6. The van der Waals surface area contributed by atoms with E-state index in [1.54, 1.807) is 18.2 Å². The van der Waals surface area contributed by atoms with Gasteiger partial charge < -0.3 is 4.90 Å². The highest BCUT2D eigenvalue weighted by Crippen LogP contribution is 2.27. The Labute approximate surface area is 200 Å². The molecule has 3 amide bonds. The maximum atomic E-state index is 13.4. The Kier molecular flexibility index (Phi) is 6.71. The second-order valence-electron chi connectivity index (χ2n) is 7.83. The van der Waals surface area contributed by atoms with Crippen molar-refractivity contribution in [2.24, 2.45) is 0 Å². The molecule has 8 heteroatoms. The van der Waals surface area contributed by atoms with Crippen LogP contribution in [0.25, 0.3) is 0 Å². The smallest absolute Gasteiger partial charge is 0.257 e. The van der Waals surface area contributed by atoms with Gasteiger partial charge in [0.1, 0.15) is 11.9 Å². The van der Waals surface area contributed by atoms with Gasteiger partial charge in [0.05, 0.1) is 23.7 Å². The second kappa shape index (κ2) is 9.86. The van der Waals surface area contributed by atoms with Gasteiger partial charge in [0.25, 0.3) is 11.8 Å². The minimum Gasteiger partial charge on any atom is -0.326 e. The molecule has 1 atom stereocenters. The zero-order valence-electron chi connectivity index (χ0n) is 17.9. The zero-order chi connectivity index (χ0) is 24.2. The van der Waals surface area contributed by atoms with Gasteiger partial charge in [-0.1, -0.05) is 23.7 Å². The Hall–Kier alpha value is -4.02. The molecule has 6 nitrogen and oxygen atoms in total. The van der Waals surface area contributed by atoms with Crippen molar-refractivity contribution in [3.63, 3.8) is 0 Å². The predicted octanol–water partition coefficient (Wildman–Crippen LogP) is 4.37. The van der Waals surface area contributed by atoms with Crippen LogP contribution in [0, 0.1) is 17.1 Å². The van der Waals surface area contributed by atoms with Crippen molar-refractivity contribution in [1.82, 2.24) is 4.90 Å². The number of nitriles is 1. The summed E-state index contributed by atoms with van der Waals surface area (Å²) in [6.45, 7) is 0.154. The Morgan fingerprint density at radius 2 is 1.79 bits per heavy atom. The molecule has 1 aliphatic rings. The van der Waals surface area contributed by atoms with Gasteiger partial charge in [-0.25, -0.2) is 9.29 Å². The minimum absolute atomic E-state index is 0.154. The molecular weight excluding hydrogens is 457 g/mol. The third-order valence-electron chi connectivity index (χ3n) is 5.64. The lowest BCUT2D eigenvalue weighted by molar-refractivity contribution is -0.122. The fourth-order valence-corrected chi connectivity index (χ4v) is 4.13. The number of hydrogen-bond acceptors (Lipinski definition) is 4. The molecule has 4 rings (SSSR count). The summed E-state index contributed by atoms with van der Waals surface area (Å²) >= 11 is 6.07. The normalized spacial score (nSPS) is 15.3. The molecule has 34 heavy (non-hydrogen) atoms. The Bertz CT molecular complexity index is 1290. The molecule has 3 aromatic rings. The molecule has 1 aliphatic heterocycles. The van der Waals surface area contributed by atoms with Gasteiger partial charge in [-0.05, 0) is 72.6 Å². The van der Waals surface area contributed by atoms with E-state index in [-0.39, 0.29) is 18.5 Å². The van der Waals surface area contributed by atoms with E-state index in [9.17, 15) is 18.8 Å². The summed E-state index contributed by atoms with van der Waals surface area (Å²) in [6.07, 6.45) is 0.226. The quantitative estimate of drug-likeness (QED) is 0.496. The average Bonchev–Trinajstić information content (AvgIpc) is 3.13. The van der Waals surface area contributed by atoms with Gasteiger partial charge >= 0.3 is 0 Å². The highest BCUT2D eigenvalue weighted by atomic mass is 35.5. The Balaban J connectivity index is 1.63. The Morgan fingerprint density at radius 1 is 1.09 bits per heavy atom. The summed E-state index contributed by atoms with van der Waals surface area (Å²) < 4.78 is 13.4. The lowest BCUT2D eigenvalue weighted by Gasteiger charge is -2.28. The van der Waals surface area contributed by atoms with Gasteiger partial charge in [-0.2, -0.15) is 5.26 Å². The Morgan fingerprint density at radius 3 is 2.44 bits per heavy atom. The average molecular weight is 476 g/mol. The number of nitrogens with zero attached hydrogens (tertiary/aromatic N) is 3. The topological polar surface area (TPSA) is 81.5 Å². The van der Waals surface area contributed by atoms with Crippen LogP contribution >= 0.6 is 11.6 Å². The van der Waals surface area contributed by atoms with Crippen LogP contribution < -0.4 is 4.90 Å². The molecule has 0 spiro atoms. The van der Waals surface area contributed by atoms with Crippen LogP contribution in [0.2, 0.25) is 5.02 Å². The van der Waals surface area contributed by atoms with Crippen molar-refractivity contribution < 1.29 is 18.8 Å². The van der Waals surface area contributed by atoms with Crippen molar-refractivity contribution in [2.45, 2.75) is 18.9 Å². The molecule has 1 unspecified atom stereocenters. The number of hydrogen-bond donors (Lipinski definition) is 0. The molecule has 1 heterocycles. The number of anilines is 1. The highest BCUT2D eigenvalue weighted by molar-refractivity contribution is 6.30. The first kappa shape index (κ1) is 23.1. The molecule has 1 fully saturated rings. The summed E-state index contributed by atoms with van der Waals surface area (Å²) in [5.41, 5.74) is 1.81. The van der Waals surface area contributed by atoms with Crippen molar-refractivity contribution >= 4 is 35.0 Å². The van der Waals surface area contributed by atoms with Crippen LogP contribution in [0.4, 0.5) is 10.1 Å². The number of carbonyl (C=O) groups is 3. The number of imide groups is 1. The van der Waals surface area contributed by atoms with Gasteiger partial charge in [-0.3, -0.25) is 14.4 Å². The third kappa shape index (κ3) is 4.82.